The number of hydrogen-bond acceptors (Lipinski definition) is 2. The monoisotopic (exact) mass is 231 g/mol. The van der Waals surface area contributed by atoms with Gasteiger partial charge in [0.25, 0.3) is 0 Å². The Morgan fingerprint density at radius 3 is 2.44 bits per heavy atom. The SMILES string of the molecule is CC[C@@H](C)c1ccc(-c2scnc2C)cc1. The van der Waals surface area contributed by atoms with E-state index < -0.39 is 0 Å². The number of rotatable bonds is 3. The fraction of sp³-hybridized carbons (Fsp3) is 0.357. The third kappa shape index (κ3) is 2.17. The van der Waals surface area contributed by atoms with Gasteiger partial charge in [-0.05, 0) is 30.4 Å². The quantitative estimate of drug-likeness (QED) is 0.750. The molecule has 1 atom stereocenters. The Labute approximate surface area is 101 Å². The molecule has 2 heteroatoms. The first-order valence-corrected chi connectivity index (χ1v) is 6.60. The van der Waals surface area contributed by atoms with E-state index in [4.69, 9.17) is 0 Å². The molecule has 0 radical (unpaired) electrons. The Bertz CT molecular complexity index is 456. The largest absolute Gasteiger partial charge is 0.249 e. The van der Waals surface area contributed by atoms with Gasteiger partial charge in [0.2, 0.25) is 0 Å². The average Bonchev–Trinajstić information content (AvgIpc) is 2.75. The van der Waals surface area contributed by atoms with Gasteiger partial charge < -0.3 is 0 Å². The highest BCUT2D eigenvalue weighted by Gasteiger charge is 2.06. The van der Waals surface area contributed by atoms with Crippen molar-refractivity contribution in [2.45, 2.75) is 33.1 Å². The minimum Gasteiger partial charge on any atom is -0.249 e. The van der Waals surface area contributed by atoms with Crippen LogP contribution in [0.3, 0.4) is 0 Å². The molecular weight excluding hydrogens is 214 g/mol. The van der Waals surface area contributed by atoms with Gasteiger partial charge in [0.15, 0.2) is 0 Å². The van der Waals surface area contributed by atoms with Crippen LogP contribution >= 0.6 is 11.3 Å². The average molecular weight is 231 g/mol. The minimum atomic E-state index is 0.650. The zero-order chi connectivity index (χ0) is 11.5. The number of nitrogens with zero attached hydrogens (tertiary/aromatic N) is 1. The molecule has 1 heterocycles. The molecule has 0 amide bonds. The lowest BCUT2D eigenvalue weighted by Gasteiger charge is -2.09. The summed E-state index contributed by atoms with van der Waals surface area (Å²) in [6.07, 6.45) is 1.19. The molecule has 0 aliphatic heterocycles. The van der Waals surface area contributed by atoms with Crippen LogP contribution in [0.4, 0.5) is 0 Å². The van der Waals surface area contributed by atoms with Gasteiger partial charge in [-0.3, -0.25) is 0 Å². The van der Waals surface area contributed by atoms with E-state index >= 15 is 0 Å². The molecule has 0 aliphatic rings. The van der Waals surface area contributed by atoms with Gasteiger partial charge in [-0.1, -0.05) is 38.1 Å². The summed E-state index contributed by atoms with van der Waals surface area (Å²) in [6, 6.07) is 8.90. The smallest absolute Gasteiger partial charge is 0.0801 e. The van der Waals surface area contributed by atoms with Crippen LogP contribution in [0.1, 0.15) is 37.4 Å². The molecule has 0 saturated carbocycles. The summed E-state index contributed by atoms with van der Waals surface area (Å²) in [4.78, 5) is 5.57. The van der Waals surface area contributed by atoms with Gasteiger partial charge in [0.1, 0.15) is 0 Å². The van der Waals surface area contributed by atoms with Crippen LogP contribution in [0.2, 0.25) is 0 Å². The van der Waals surface area contributed by atoms with Crippen molar-refractivity contribution in [1.82, 2.24) is 4.98 Å². The van der Waals surface area contributed by atoms with Gasteiger partial charge >= 0.3 is 0 Å². The number of thiazole rings is 1. The highest BCUT2D eigenvalue weighted by Crippen LogP contribution is 2.28. The van der Waals surface area contributed by atoms with Crippen LogP contribution in [0.25, 0.3) is 10.4 Å². The normalized spacial score (nSPS) is 12.7. The Balaban J connectivity index is 2.30. The van der Waals surface area contributed by atoms with Crippen molar-refractivity contribution >= 4 is 11.3 Å². The van der Waals surface area contributed by atoms with Crippen LogP contribution in [-0.2, 0) is 0 Å². The van der Waals surface area contributed by atoms with Gasteiger partial charge in [-0.2, -0.15) is 0 Å². The number of hydrogen-bond donors (Lipinski definition) is 0. The fourth-order valence-corrected chi connectivity index (χ4v) is 2.59. The van der Waals surface area contributed by atoms with Crippen molar-refractivity contribution in [3.63, 3.8) is 0 Å². The molecule has 0 aliphatic carbocycles. The molecule has 0 N–H and O–H groups in total. The molecule has 0 spiro atoms. The van der Waals surface area contributed by atoms with E-state index in [-0.39, 0.29) is 0 Å². The summed E-state index contributed by atoms with van der Waals surface area (Å²) in [6.45, 7) is 6.56. The molecular formula is C14H17NS. The van der Waals surface area contributed by atoms with Crippen LogP contribution < -0.4 is 0 Å². The van der Waals surface area contributed by atoms with E-state index in [0.717, 1.165) is 5.69 Å². The van der Waals surface area contributed by atoms with Crippen molar-refractivity contribution in [2.24, 2.45) is 0 Å². The van der Waals surface area contributed by atoms with Crippen LogP contribution in [0.5, 0.6) is 0 Å². The second-order valence-electron chi connectivity index (χ2n) is 4.20. The molecule has 1 aromatic heterocycles. The van der Waals surface area contributed by atoms with Crippen LogP contribution in [-0.4, -0.2) is 4.98 Å². The minimum absolute atomic E-state index is 0.650. The zero-order valence-electron chi connectivity index (χ0n) is 10.0. The summed E-state index contributed by atoms with van der Waals surface area (Å²) in [5.74, 6) is 0.650. The molecule has 16 heavy (non-hydrogen) atoms. The van der Waals surface area contributed by atoms with Gasteiger partial charge in [-0.15, -0.1) is 11.3 Å². The summed E-state index contributed by atoms with van der Waals surface area (Å²) in [7, 11) is 0. The highest BCUT2D eigenvalue weighted by molar-refractivity contribution is 7.13. The van der Waals surface area contributed by atoms with E-state index in [0.29, 0.717) is 5.92 Å². The van der Waals surface area contributed by atoms with Crippen molar-refractivity contribution in [3.05, 3.63) is 41.0 Å². The molecule has 0 unspecified atom stereocenters. The molecule has 1 nitrogen and oxygen atoms in total. The van der Waals surface area contributed by atoms with Crippen molar-refractivity contribution in [2.75, 3.05) is 0 Å². The van der Waals surface area contributed by atoms with E-state index in [2.05, 4.69) is 50.0 Å². The number of aryl methyl sites for hydroxylation is 1. The molecule has 0 bridgehead atoms. The third-order valence-electron chi connectivity index (χ3n) is 3.10. The van der Waals surface area contributed by atoms with Gasteiger partial charge in [0, 0.05) is 0 Å². The topological polar surface area (TPSA) is 12.9 Å². The van der Waals surface area contributed by atoms with Crippen molar-refractivity contribution in [3.8, 4) is 10.4 Å². The standard InChI is InChI=1S/C14H17NS/c1-4-10(2)12-5-7-13(8-6-12)14-11(3)15-9-16-14/h5-10H,4H2,1-3H3/t10-/m1/s1. The third-order valence-corrected chi connectivity index (χ3v) is 4.08. The van der Waals surface area contributed by atoms with E-state index in [1.807, 2.05) is 5.51 Å². The zero-order valence-corrected chi connectivity index (χ0v) is 10.8. The predicted octanol–water partition coefficient (Wildman–Crippen LogP) is 4.63. The van der Waals surface area contributed by atoms with Crippen LogP contribution in [0, 0.1) is 6.92 Å². The fourth-order valence-electron chi connectivity index (χ4n) is 1.78. The van der Waals surface area contributed by atoms with Gasteiger partial charge in [0.05, 0.1) is 16.1 Å². The van der Waals surface area contributed by atoms with Crippen LogP contribution in [0.15, 0.2) is 29.8 Å². The molecule has 84 valence electrons. The maximum atomic E-state index is 4.29. The lowest BCUT2D eigenvalue weighted by Crippen LogP contribution is -1.90. The molecule has 0 fully saturated rings. The Kier molecular flexibility index (Phi) is 3.39. The Morgan fingerprint density at radius 1 is 1.25 bits per heavy atom. The molecule has 0 saturated heterocycles. The Morgan fingerprint density at radius 2 is 1.94 bits per heavy atom. The maximum Gasteiger partial charge on any atom is 0.0801 e. The van der Waals surface area contributed by atoms with E-state index in [9.17, 15) is 0 Å². The van der Waals surface area contributed by atoms with Crippen molar-refractivity contribution < 1.29 is 0 Å². The maximum absolute atomic E-state index is 4.29. The van der Waals surface area contributed by atoms with E-state index in [1.165, 1.54) is 22.4 Å². The summed E-state index contributed by atoms with van der Waals surface area (Å²) >= 11 is 1.71. The van der Waals surface area contributed by atoms with Crippen molar-refractivity contribution in [1.29, 1.82) is 0 Å². The molecule has 2 rings (SSSR count). The second-order valence-corrected chi connectivity index (χ2v) is 5.05. The lowest BCUT2D eigenvalue weighted by atomic mass is 9.97. The van der Waals surface area contributed by atoms with Gasteiger partial charge in [-0.25, -0.2) is 4.98 Å². The summed E-state index contributed by atoms with van der Waals surface area (Å²) in [5, 5.41) is 0. The highest BCUT2D eigenvalue weighted by atomic mass is 32.1. The summed E-state index contributed by atoms with van der Waals surface area (Å²) in [5.41, 5.74) is 5.74. The lowest BCUT2D eigenvalue weighted by molar-refractivity contribution is 0.734. The predicted molar refractivity (Wildman–Crippen MR) is 71.0 cm³/mol. The first-order chi connectivity index (χ1) is 7.72. The first kappa shape index (κ1) is 11.3. The first-order valence-electron chi connectivity index (χ1n) is 5.72. The number of benzene rings is 1. The summed E-state index contributed by atoms with van der Waals surface area (Å²) < 4.78 is 0. The van der Waals surface area contributed by atoms with E-state index in [1.54, 1.807) is 11.3 Å². The number of aromatic nitrogens is 1. The molecule has 1 aromatic carbocycles. The molecule has 2 aromatic rings. The Hall–Kier alpha value is -1.15. The second kappa shape index (κ2) is 4.79.